The van der Waals surface area contributed by atoms with Crippen molar-refractivity contribution in [3.63, 3.8) is 0 Å². The van der Waals surface area contributed by atoms with E-state index in [0.717, 1.165) is 35.6 Å². The first kappa shape index (κ1) is 23.8. The molecule has 186 valence electrons. The predicted molar refractivity (Wildman–Crippen MR) is 134 cm³/mol. The van der Waals surface area contributed by atoms with Gasteiger partial charge in [-0.25, -0.2) is 4.79 Å². The van der Waals surface area contributed by atoms with Crippen molar-refractivity contribution in [2.45, 2.75) is 63.5 Å². The highest BCUT2D eigenvalue weighted by molar-refractivity contribution is 6.07. The molecular weight excluding hydrogens is 442 g/mol. The molecule has 0 radical (unpaired) electrons. The van der Waals surface area contributed by atoms with Gasteiger partial charge in [0.15, 0.2) is 0 Å². The molecule has 3 aliphatic heterocycles. The van der Waals surface area contributed by atoms with Gasteiger partial charge in [0.25, 0.3) is 5.91 Å². The van der Waals surface area contributed by atoms with Gasteiger partial charge in [-0.15, -0.1) is 0 Å². The van der Waals surface area contributed by atoms with E-state index in [0.29, 0.717) is 51.9 Å². The van der Waals surface area contributed by atoms with Crippen LogP contribution < -0.4 is 5.32 Å². The maximum Gasteiger partial charge on any atom is 0.325 e. The fourth-order valence-electron chi connectivity index (χ4n) is 6.19. The Balaban J connectivity index is 1.25. The van der Waals surface area contributed by atoms with E-state index in [-0.39, 0.29) is 29.9 Å². The second-order valence-corrected chi connectivity index (χ2v) is 10.2. The van der Waals surface area contributed by atoms with Crippen LogP contribution in [0.3, 0.4) is 0 Å². The summed E-state index contributed by atoms with van der Waals surface area (Å²) in [5, 5.41) is 5.35. The van der Waals surface area contributed by atoms with Gasteiger partial charge in [-0.2, -0.15) is 0 Å². The van der Waals surface area contributed by atoms with Gasteiger partial charge in [0.2, 0.25) is 5.91 Å². The van der Waals surface area contributed by atoms with Crippen LogP contribution in [0.5, 0.6) is 0 Å². The zero-order valence-electron chi connectivity index (χ0n) is 20.5. The van der Waals surface area contributed by atoms with Crippen LogP contribution >= 0.6 is 0 Å². The molecule has 0 saturated carbocycles. The Kier molecular flexibility index (Phi) is 6.78. The maximum atomic E-state index is 13.6. The largest absolute Gasteiger partial charge is 0.376 e. The molecule has 0 bridgehead atoms. The number of nitrogens with zero attached hydrogens (tertiary/aromatic N) is 2. The van der Waals surface area contributed by atoms with E-state index in [2.05, 4.69) is 23.5 Å². The third kappa shape index (κ3) is 4.54. The molecule has 3 aliphatic rings. The Morgan fingerprint density at radius 1 is 1.09 bits per heavy atom. The van der Waals surface area contributed by atoms with Crippen molar-refractivity contribution in [3.8, 4) is 0 Å². The number of carbonyl (C=O) groups excluding carboxylic acids is 3. The number of hydrogen-bond donors (Lipinski definition) is 1. The van der Waals surface area contributed by atoms with Crippen LogP contribution in [-0.2, 0) is 20.7 Å². The molecule has 1 N–H and O–H groups in total. The lowest BCUT2D eigenvalue weighted by atomic mass is 9.74. The number of amides is 4. The second kappa shape index (κ2) is 9.97. The smallest absolute Gasteiger partial charge is 0.325 e. The third-order valence-corrected chi connectivity index (χ3v) is 8.02. The molecule has 3 fully saturated rings. The highest BCUT2D eigenvalue weighted by Gasteiger charge is 2.55. The number of carbonyl (C=O) groups is 3. The number of benzene rings is 2. The van der Waals surface area contributed by atoms with Gasteiger partial charge < -0.3 is 15.0 Å². The first-order valence-corrected chi connectivity index (χ1v) is 13.0. The Hall–Kier alpha value is -2.93. The van der Waals surface area contributed by atoms with Gasteiger partial charge in [-0.1, -0.05) is 55.8 Å². The van der Waals surface area contributed by atoms with Gasteiger partial charge in [-0.3, -0.25) is 14.5 Å². The minimum Gasteiger partial charge on any atom is -0.376 e. The van der Waals surface area contributed by atoms with Crippen LogP contribution in [0.25, 0.3) is 10.8 Å². The zero-order valence-corrected chi connectivity index (χ0v) is 20.5. The van der Waals surface area contributed by atoms with Crippen molar-refractivity contribution in [1.82, 2.24) is 15.1 Å². The Bertz CT molecular complexity index is 1100. The first-order chi connectivity index (χ1) is 17.0. The highest BCUT2D eigenvalue weighted by Crippen LogP contribution is 2.37. The number of nitrogens with one attached hydrogen (secondary N) is 1. The number of urea groups is 1. The highest BCUT2D eigenvalue weighted by atomic mass is 16.5. The molecule has 0 aliphatic carbocycles. The van der Waals surface area contributed by atoms with Crippen LogP contribution in [0.1, 0.15) is 51.0 Å². The predicted octanol–water partition coefficient (Wildman–Crippen LogP) is 3.89. The van der Waals surface area contributed by atoms with E-state index in [1.807, 2.05) is 36.1 Å². The van der Waals surface area contributed by atoms with Crippen molar-refractivity contribution >= 4 is 28.6 Å². The molecule has 0 aromatic heterocycles. The molecule has 4 amide bonds. The minimum atomic E-state index is -0.866. The molecule has 2 aromatic carbocycles. The van der Waals surface area contributed by atoms with E-state index in [1.54, 1.807) is 0 Å². The summed E-state index contributed by atoms with van der Waals surface area (Å²) in [5.41, 5.74) is 0.176. The van der Waals surface area contributed by atoms with E-state index >= 15 is 0 Å². The molecule has 3 saturated heterocycles. The lowest BCUT2D eigenvalue weighted by Crippen LogP contribution is -2.56. The zero-order chi connectivity index (χ0) is 24.4. The standard InChI is InChI=1S/C28H35N3O4/c1-2-14-28(26(33)31(27(34)29-28)19-23-10-6-17-35-23)22-12-15-30(16-13-22)25(32)18-21-9-5-8-20-7-3-4-11-24(20)21/h3-5,7-9,11,22-23H,2,6,10,12-19H2,1H3,(H,29,34)/t23-,28-/m0/s1. The van der Waals surface area contributed by atoms with Crippen LogP contribution in [0, 0.1) is 5.92 Å². The van der Waals surface area contributed by atoms with Crippen molar-refractivity contribution in [1.29, 1.82) is 0 Å². The summed E-state index contributed by atoms with van der Waals surface area (Å²) in [4.78, 5) is 42.9. The van der Waals surface area contributed by atoms with E-state index in [4.69, 9.17) is 4.74 Å². The van der Waals surface area contributed by atoms with Crippen LogP contribution in [0.2, 0.25) is 0 Å². The lowest BCUT2D eigenvalue weighted by Gasteiger charge is -2.41. The quantitative estimate of drug-likeness (QED) is 0.614. The summed E-state index contributed by atoms with van der Waals surface area (Å²) in [6, 6.07) is 13.9. The number of rotatable bonds is 7. The first-order valence-electron chi connectivity index (χ1n) is 13.0. The van der Waals surface area contributed by atoms with Crippen molar-refractivity contribution in [3.05, 3.63) is 48.0 Å². The summed E-state index contributed by atoms with van der Waals surface area (Å²) in [7, 11) is 0. The summed E-state index contributed by atoms with van der Waals surface area (Å²) < 4.78 is 5.68. The summed E-state index contributed by atoms with van der Waals surface area (Å²) in [5.74, 6) is 0.0292. The normalized spacial score (nSPS) is 25.5. The Labute approximate surface area is 206 Å². The average Bonchev–Trinajstić information content (AvgIpc) is 3.48. The van der Waals surface area contributed by atoms with Gasteiger partial charge in [0.1, 0.15) is 5.54 Å². The second-order valence-electron chi connectivity index (χ2n) is 10.2. The SMILES string of the molecule is CCC[C@@]1(C2CCN(C(=O)Cc3cccc4ccccc34)CC2)NC(=O)N(C[C@@H]2CCCO2)C1=O. The molecule has 7 nitrogen and oxygen atoms in total. The fraction of sp³-hybridized carbons (Fsp3) is 0.536. The van der Waals surface area contributed by atoms with Gasteiger partial charge in [-0.05, 0) is 54.4 Å². The Morgan fingerprint density at radius 3 is 2.60 bits per heavy atom. The number of imide groups is 1. The monoisotopic (exact) mass is 477 g/mol. The topological polar surface area (TPSA) is 79.0 Å². The lowest BCUT2D eigenvalue weighted by molar-refractivity contribution is -0.136. The summed E-state index contributed by atoms with van der Waals surface area (Å²) in [6.45, 7) is 4.29. The number of likely N-dealkylation sites (tertiary alicyclic amines) is 1. The van der Waals surface area contributed by atoms with Gasteiger partial charge >= 0.3 is 6.03 Å². The van der Waals surface area contributed by atoms with E-state index in [1.165, 1.54) is 4.90 Å². The maximum absolute atomic E-state index is 13.6. The van der Waals surface area contributed by atoms with E-state index in [9.17, 15) is 14.4 Å². The fourth-order valence-corrected chi connectivity index (χ4v) is 6.19. The molecule has 5 rings (SSSR count). The number of piperidine rings is 1. The Morgan fingerprint density at radius 2 is 1.86 bits per heavy atom. The molecule has 35 heavy (non-hydrogen) atoms. The molecule has 7 heteroatoms. The number of fused-ring (bicyclic) bond motifs is 1. The van der Waals surface area contributed by atoms with Crippen LogP contribution in [0.15, 0.2) is 42.5 Å². The third-order valence-electron chi connectivity index (χ3n) is 8.02. The molecule has 0 spiro atoms. The van der Waals surface area contributed by atoms with Crippen LogP contribution in [-0.4, -0.2) is 65.5 Å². The summed E-state index contributed by atoms with van der Waals surface area (Å²) >= 11 is 0. The van der Waals surface area contributed by atoms with Crippen molar-refractivity contribution in [2.24, 2.45) is 5.92 Å². The average molecular weight is 478 g/mol. The minimum absolute atomic E-state index is 0.0231. The summed E-state index contributed by atoms with van der Waals surface area (Å²) in [6.07, 6.45) is 5.01. The number of hydrogen-bond acceptors (Lipinski definition) is 4. The number of ether oxygens (including phenoxy) is 1. The molecule has 2 aromatic rings. The molecule has 0 unspecified atom stereocenters. The van der Waals surface area contributed by atoms with E-state index < -0.39 is 5.54 Å². The van der Waals surface area contributed by atoms with Crippen molar-refractivity contribution in [2.75, 3.05) is 26.2 Å². The van der Waals surface area contributed by atoms with Crippen LogP contribution in [0.4, 0.5) is 4.79 Å². The van der Waals surface area contributed by atoms with Crippen molar-refractivity contribution < 1.29 is 19.1 Å². The molecule has 3 heterocycles. The van der Waals surface area contributed by atoms with Gasteiger partial charge in [0, 0.05) is 19.7 Å². The molecule has 2 atom stereocenters. The molecular formula is C28H35N3O4. The van der Waals surface area contributed by atoms with Gasteiger partial charge in [0.05, 0.1) is 19.1 Å².